The van der Waals surface area contributed by atoms with Crippen molar-refractivity contribution in [2.45, 2.75) is 45.6 Å². The lowest BCUT2D eigenvalue weighted by molar-refractivity contribution is -0.138. The molecule has 0 aromatic heterocycles. The number of benzene rings is 3. The zero-order chi connectivity index (χ0) is 27.5. The molecule has 0 radical (unpaired) electrons. The van der Waals surface area contributed by atoms with Crippen molar-refractivity contribution < 1.29 is 30.7 Å². The Morgan fingerprint density at radius 2 is 1.30 bits per heavy atom. The number of carbonyl (C=O) groups excluding carboxylic acids is 1. The molecule has 0 heterocycles. The molecule has 0 aliphatic rings. The van der Waals surface area contributed by atoms with Gasteiger partial charge in [0.05, 0.1) is 38.7 Å². The Bertz CT molecular complexity index is 1180. The number of aliphatic hydroxyl groups is 1. The third kappa shape index (κ3) is 8.08. The van der Waals surface area contributed by atoms with E-state index in [1.54, 1.807) is 27.2 Å². The van der Waals surface area contributed by atoms with Gasteiger partial charge in [0.25, 0.3) is 0 Å². The number of aliphatic carboxylic acids is 1. The van der Waals surface area contributed by atoms with Gasteiger partial charge in [0, 0.05) is 1.43 Å². The van der Waals surface area contributed by atoms with Crippen LogP contribution in [0.4, 0.5) is 0 Å². The third-order valence-electron chi connectivity index (χ3n) is 6.33. The Morgan fingerprint density at radius 3 is 1.73 bits per heavy atom. The van der Waals surface area contributed by atoms with Crippen LogP contribution in [-0.4, -0.2) is 42.9 Å². The number of methoxy groups -OCH3 is 2. The summed E-state index contributed by atoms with van der Waals surface area (Å²) in [7, 11) is 3.20. The average Bonchev–Trinajstić information content (AvgIpc) is 2.92. The van der Waals surface area contributed by atoms with Gasteiger partial charge in [-0.2, -0.15) is 0 Å². The second-order valence-corrected chi connectivity index (χ2v) is 8.89. The van der Waals surface area contributed by atoms with Crippen molar-refractivity contribution in [2.24, 2.45) is 0 Å². The van der Waals surface area contributed by atoms with Crippen molar-refractivity contribution >= 4 is 11.9 Å². The summed E-state index contributed by atoms with van der Waals surface area (Å²) in [6.07, 6.45) is 0. The van der Waals surface area contributed by atoms with Crippen LogP contribution < -0.4 is 14.8 Å². The fraction of sp³-hybridized carbons (Fsp3) is 0.333. The fourth-order valence-corrected chi connectivity index (χ4v) is 3.72. The number of ether oxygens (including phenoxy) is 2. The van der Waals surface area contributed by atoms with E-state index in [0.29, 0.717) is 0 Å². The molecule has 1 amide bonds. The average molecular weight is 511 g/mol. The van der Waals surface area contributed by atoms with Gasteiger partial charge in [-0.3, -0.25) is 9.59 Å². The Morgan fingerprint density at radius 1 is 0.811 bits per heavy atom. The summed E-state index contributed by atoms with van der Waals surface area (Å²) in [5.41, 5.74) is 4.57. The number of hydrogen-bond donors (Lipinski definition) is 3. The van der Waals surface area contributed by atoms with E-state index in [-0.39, 0.29) is 19.9 Å². The minimum atomic E-state index is -0.823. The minimum absolute atomic E-state index is 0. The Hall–Kier alpha value is -3.84. The summed E-state index contributed by atoms with van der Waals surface area (Å²) in [5.74, 6) is -0.277. The number of aliphatic hydroxyl groups excluding tert-OH is 1. The highest BCUT2D eigenvalue weighted by atomic mass is 16.5. The van der Waals surface area contributed by atoms with Crippen molar-refractivity contribution in [3.8, 4) is 11.5 Å². The molecule has 0 aliphatic heterocycles. The summed E-state index contributed by atoms with van der Waals surface area (Å²) < 4.78 is 10.4. The summed E-state index contributed by atoms with van der Waals surface area (Å²) in [6, 6.07) is 20.3. The molecule has 37 heavy (non-hydrogen) atoms. The highest BCUT2D eigenvalue weighted by Crippen LogP contribution is 2.26. The van der Waals surface area contributed by atoms with Gasteiger partial charge in [-0.25, -0.2) is 0 Å². The highest BCUT2D eigenvalue weighted by molar-refractivity contribution is 5.83. The lowest BCUT2D eigenvalue weighted by atomic mass is 9.97. The van der Waals surface area contributed by atoms with Crippen molar-refractivity contribution in [2.75, 3.05) is 20.8 Å². The lowest BCUT2D eigenvalue weighted by Crippen LogP contribution is -2.33. The number of amides is 1. The Kier molecular flexibility index (Phi) is 11.2. The standard InChI is InChI=1S/C19H23NO3.C11H14O3.H2/c1-13-9-10-16(11-18(13)23-3)14(2)19(22)20-17(12-21)15-7-5-4-6-8-15;1-7-4-5-9(6-10(7)14-3)8(2)11(12)13;/h4-11,14,17,21H,12H2,1-3H3,(H,20,22);4-6,8H,1-3H3,(H,12,13);1H/t14-,17+;8-;/m11./s1/i;;1+1. The second-order valence-electron chi connectivity index (χ2n) is 8.89. The molecule has 0 fully saturated rings. The van der Waals surface area contributed by atoms with Crippen LogP contribution in [0.3, 0.4) is 0 Å². The molecule has 0 bridgehead atoms. The molecule has 3 rings (SSSR count). The van der Waals surface area contributed by atoms with Gasteiger partial charge in [0.2, 0.25) is 5.91 Å². The van der Waals surface area contributed by atoms with E-state index in [1.165, 1.54) is 0 Å². The van der Waals surface area contributed by atoms with Crippen LogP contribution >= 0.6 is 0 Å². The molecule has 3 atom stereocenters. The normalized spacial score (nSPS) is 12.8. The fourth-order valence-electron chi connectivity index (χ4n) is 3.72. The van der Waals surface area contributed by atoms with Crippen LogP contribution in [0.1, 0.15) is 61.0 Å². The summed E-state index contributed by atoms with van der Waals surface area (Å²) in [4.78, 5) is 23.3. The van der Waals surface area contributed by atoms with Crippen LogP contribution in [0.25, 0.3) is 0 Å². The molecular weight excluding hydrogens is 470 g/mol. The molecule has 0 aliphatic carbocycles. The van der Waals surface area contributed by atoms with E-state index in [0.717, 1.165) is 39.3 Å². The first-order chi connectivity index (χ1) is 17.6. The van der Waals surface area contributed by atoms with Crippen molar-refractivity contribution in [3.05, 3.63) is 94.5 Å². The second kappa shape index (κ2) is 14.0. The Labute approximate surface area is 220 Å². The quantitative estimate of drug-likeness (QED) is 0.356. The van der Waals surface area contributed by atoms with Crippen LogP contribution in [0.15, 0.2) is 66.7 Å². The number of aryl methyl sites for hydroxylation is 2. The molecule has 3 N–H and O–H groups in total. The summed E-state index contributed by atoms with van der Waals surface area (Å²) >= 11 is 0. The van der Waals surface area contributed by atoms with Gasteiger partial charge in [0.15, 0.2) is 0 Å². The molecule has 200 valence electrons. The molecule has 0 unspecified atom stereocenters. The third-order valence-corrected chi connectivity index (χ3v) is 6.33. The van der Waals surface area contributed by atoms with Gasteiger partial charge >= 0.3 is 5.97 Å². The van der Waals surface area contributed by atoms with Crippen LogP contribution in [-0.2, 0) is 9.59 Å². The van der Waals surface area contributed by atoms with E-state index in [4.69, 9.17) is 14.6 Å². The van der Waals surface area contributed by atoms with E-state index < -0.39 is 17.9 Å². The summed E-state index contributed by atoms with van der Waals surface area (Å²) in [5, 5.41) is 21.3. The van der Waals surface area contributed by atoms with E-state index in [9.17, 15) is 14.7 Å². The molecule has 7 nitrogen and oxygen atoms in total. The monoisotopic (exact) mass is 510 g/mol. The number of carboxylic acid groups (broad SMARTS) is 1. The van der Waals surface area contributed by atoms with Gasteiger partial charge in [-0.1, -0.05) is 54.6 Å². The smallest absolute Gasteiger partial charge is 0.310 e. The maximum Gasteiger partial charge on any atom is 0.310 e. The SMILES string of the molecule is COc1cc([C@@H](C)C(=O)N[C@@H](CO)c2ccccc2)ccc1C.COc1cc([C@@H](C)C(=O)O)ccc1C.[2HH]. The van der Waals surface area contributed by atoms with Crippen LogP contribution in [0.2, 0.25) is 0 Å². The summed E-state index contributed by atoms with van der Waals surface area (Å²) in [6.45, 7) is 7.25. The van der Waals surface area contributed by atoms with E-state index in [2.05, 4.69) is 5.32 Å². The first-order valence-electron chi connectivity index (χ1n) is 12.1. The first kappa shape index (κ1) is 29.4. The largest absolute Gasteiger partial charge is 0.496 e. The predicted molar refractivity (Wildman–Crippen MR) is 146 cm³/mol. The van der Waals surface area contributed by atoms with E-state index in [1.807, 2.05) is 81.4 Å². The molecule has 3 aromatic rings. The maximum atomic E-state index is 12.5. The zero-order valence-electron chi connectivity index (χ0n) is 22.3. The lowest BCUT2D eigenvalue weighted by Gasteiger charge is -2.20. The van der Waals surface area contributed by atoms with Crippen molar-refractivity contribution in [3.63, 3.8) is 0 Å². The van der Waals surface area contributed by atoms with Crippen LogP contribution in [0.5, 0.6) is 11.5 Å². The van der Waals surface area contributed by atoms with Gasteiger partial charge < -0.3 is 25.0 Å². The number of rotatable bonds is 9. The predicted octanol–water partition coefficient (Wildman–Crippen LogP) is 5.39. The van der Waals surface area contributed by atoms with Gasteiger partial charge in [-0.05, 0) is 67.6 Å². The minimum Gasteiger partial charge on any atom is -0.496 e. The van der Waals surface area contributed by atoms with Crippen LogP contribution in [0, 0.1) is 13.8 Å². The number of hydrogen-bond acceptors (Lipinski definition) is 5. The Balaban J connectivity index is 0.000000415. The van der Waals surface area contributed by atoms with Crippen molar-refractivity contribution in [1.29, 1.82) is 0 Å². The number of nitrogens with one attached hydrogen (secondary N) is 1. The van der Waals surface area contributed by atoms with Gasteiger partial charge in [0.1, 0.15) is 11.5 Å². The van der Waals surface area contributed by atoms with Crippen molar-refractivity contribution in [1.82, 2.24) is 5.32 Å². The molecule has 0 saturated carbocycles. The molecular formula is C30H39NO6. The topological polar surface area (TPSA) is 105 Å². The number of carboxylic acids is 1. The molecule has 3 aromatic carbocycles. The van der Waals surface area contributed by atoms with Gasteiger partial charge in [-0.15, -0.1) is 0 Å². The highest BCUT2D eigenvalue weighted by Gasteiger charge is 2.20. The van der Waals surface area contributed by atoms with E-state index >= 15 is 0 Å². The first-order valence-corrected chi connectivity index (χ1v) is 12.1. The molecule has 0 spiro atoms. The number of carbonyl (C=O) groups is 2. The zero-order valence-corrected chi connectivity index (χ0v) is 22.3. The molecule has 7 heteroatoms. The maximum absolute atomic E-state index is 12.5. The molecule has 0 saturated heterocycles.